The molecular formula is C16H11ClN4OS. The van der Waals surface area contributed by atoms with Crippen LogP contribution in [-0.2, 0) is 6.61 Å². The van der Waals surface area contributed by atoms with E-state index in [4.69, 9.17) is 16.3 Å². The van der Waals surface area contributed by atoms with Crippen LogP contribution in [0.5, 0.6) is 5.75 Å². The van der Waals surface area contributed by atoms with Gasteiger partial charge in [-0.15, -0.1) is 10.2 Å². The highest BCUT2D eigenvalue weighted by molar-refractivity contribution is 7.16. The van der Waals surface area contributed by atoms with Gasteiger partial charge in [0, 0.05) is 5.56 Å². The Labute approximate surface area is 141 Å². The standard InChI is InChI=1S/C16H11ClN4OS/c17-12-8-4-5-9-13(12)22-10-14-20-21-15(18-19-16(21)23-14)11-6-2-1-3-7-11/h1-9H,10H2. The highest BCUT2D eigenvalue weighted by atomic mass is 35.5. The Hall–Kier alpha value is -2.44. The van der Waals surface area contributed by atoms with Gasteiger partial charge in [-0.2, -0.15) is 9.61 Å². The summed E-state index contributed by atoms with van der Waals surface area (Å²) in [5.41, 5.74) is 0.976. The molecule has 4 aromatic rings. The highest BCUT2D eigenvalue weighted by Gasteiger charge is 2.13. The Kier molecular flexibility index (Phi) is 3.69. The molecule has 23 heavy (non-hydrogen) atoms. The van der Waals surface area contributed by atoms with Gasteiger partial charge in [0.25, 0.3) is 0 Å². The van der Waals surface area contributed by atoms with E-state index < -0.39 is 0 Å². The molecule has 0 radical (unpaired) electrons. The van der Waals surface area contributed by atoms with Gasteiger partial charge < -0.3 is 4.74 Å². The van der Waals surface area contributed by atoms with E-state index in [1.165, 1.54) is 11.3 Å². The van der Waals surface area contributed by atoms with Crippen LogP contribution in [0.15, 0.2) is 54.6 Å². The van der Waals surface area contributed by atoms with Crippen molar-refractivity contribution in [3.8, 4) is 17.1 Å². The summed E-state index contributed by atoms with van der Waals surface area (Å²) < 4.78 is 7.46. The average Bonchev–Trinajstić information content (AvgIpc) is 3.15. The van der Waals surface area contributed by atoms with Crippen LogP contribution in [0.3, 0.4) is 0 Å². The fraction of sp³-hybridized carbons (Fsp3) is 0.0625. The van der Waals surface area contributed by atoms with Crippen LogP contribution in [0.1, 0.15) is 5.01 Å². The molecule has 0 amide bonds. The van der Waals surface area contributed by atoms with Gasteiger partial charge >= 0.3 is 0 Å². The van der Waals surface area contributed by atoms with Crippen molar-refractivity contribution in [3.63, 3.8) is 0 Å². The van der Waals surface area contributed by atoms with Crippen molar-refractivity contribution in [2.24, 2.45) is 0 Å². The quantitative estimate of drug-likeness (QED) is 0.560. The van der Waals surface area contributed by atoms with Gasteiger partial charge in [-0.05, 0) is 12.1 Å². The lowest BCUT2D eigenvalue weighted by Gasteiger charge is -2.04. The zero-order chi connectivity index (χ0) is 15.6. The number of aromatic nitrogens is 4. The first-order valence-electron chi connectivity index (χ1n) is 6.95. The molecule has 0 aliphatic heterocycles. The monoisotopic (exact) mass is 342 g/mol. The van der Waals surface area contributed by atoms with Crippen LogP contribution in [0.25, 0.3) is 16.3 Å². The summed E-state index contributed by atoms with van der Waals surface area (Å²) in [6.07, 6.45) is 0. The predicted molar refractivity (Wildman–Crippen MR) is 89.9 cm³/mol. The van der Waals surface area contributed by atoms with E-state index in [9.17, 15) is 0 Å². The second-order valence-electron chi connectivity index (χ2n) is 4.80. The number of fused-ring (bicyclic) bond motifs is 1. The Morgan fingerprint density at radius 2 is 1.78 bits per heavy atom. The molecule has 114 valence electrons. The maximum absolute atomic E-state index is 6.08. The van der Waals surface area contributed by atoms with Crippen LogP contribution in [-0.4, -0.2) is 19.8 Å². The SMILES string of the molecule is Clc1ccccc1OCc1nn2c(-c3ccccc3)nnc2s1. The third-order valence-corrected chi connectivity index (χ3v) is 4.44. The van der Waals surface area contributed by atoms with Crippen molar-refractivity contribution in [2.75, 3.05) is 0 Å². The van der Waals surface area contributed by atoms with Crippen LogP contribution in [0, 0.1) is 0 Å². The normalized spacial score (nSPS) is 11.0. The molecular weight excluding hydrogens is 332 g/mol. The van der Waals surface area contributed by atoms with Crippen molar-refractivity contribution in [2.45, 2.75) is 6.61 Å². The Balaban J connectivity index is 1.60. The molecule has 0 aliphatic carbocycles. The summed E-state index contributed by atoms with van der Waals surface area (Å²) in [5, 5.41) is 14.3. The second-order valence-corrected chi connectivity index (χ2v) is 6.25. The lowest BCUT2D eigenvalue weighted by Crippen LogP contribution is -1.97. The Morgan fingerprint density at radius 1 is 1.00 bits per heavy atom. The third kappa shape index (κ3) is 2.78. The summed E-state index contributed by atoms with van der Waals surface area (Å²) >= 11 is 7.53. The number of hydrogen-bond acceptors (Lipinski definition) is 5. The molecule has 0 spiro atoms. The third-order valence-electron chi connectivity index (χ3n) is 3.25. The molecule has 0 bridgehead atoms. The highest BCUT2D eigenvalue weighted by Crippen LogP contribution is 2.26. The Morgan fingerprint density at radius 3 is 2.61 bits per heavy atom. The molecule has 0 atom stereocenters. The summed E-state index contributed by atoms with van der Waals surface area (Å²) in [6, 6.07) is 17.2. The summed E-state index contributed by atoms with van der Waals surface area (Å²) in [4.78, 5) is 0.738. The molecule has 7 heteroatoms. The maximum Gasteiger partial charge on any atom is 0.235 e. The summed E-state index contributed by atoms with van der Waals surface area (Å²) in [6.45, 7) is 0.339. The molecule has 0 N–H and O–H groups in total. The van der Waals surface area contributed by atoms with E-state index in [0.717, 1.165) is 21.4 Å². The van der Waals surface area contributed by atoms with Crippen LogP contribution >= 0.6 is 22.9 Å². The van der Waals surface area contributed by atoms with Crippen LogP contribution in [0.4, 0.5) is 0 Å². The van der Waals surface area contributed by atoms with Crippen molar-refractivity contribution in [3.05, 3.63) is 64.6 Å². The molecule has 4 rings (SSSR count). The number of halogens is 1. The van der Waals surface area contributed by atoms with Crippen molar-refractivity contribution < 1.29 is 4.74 Å². The van der Waals surface area contributed by atoms with Crippen molar-refractivity contribution >= 4 is 27.9 Å². The Bertz CT molecular complexity index is 951. The minimum atomic E-state index is 0.339. The van der Waals surface area contributed by atoms with E-state index in [0.29, 0.717) is 17.4 Å². The lowest BCUT2D eigenvalue weighted by molar-refractivity contribution is 0.304. The summed E-state index contributed by atoms with van der Waals surface area (Å²) in [7, 11) is 0. The number of para-hydroxylation sites is 1. The van der Waals surface area contributed by atoms with Gasteiger partial charge in [0.05, 0.1) is 5.02 Å². The van der Waals surface area contributed by atoms with E-state index in [2.05, 4.69) is 15.3 Å². The van der Waals surface area contributed by atoms with Gasteiger partial charge in [-0.1, -0.05) is 65.4 Å². The van der Waals surface area contributed by atoms with Crippen LogP contribution < -0.4 is 4.74 Å². The minimum Gasteiger partial charge on any atom is -0.485 e. The zero-order valence-electron chi connectivity index (χ0n) is 11.9. The molecule has 0 aliphatic rings. The van der Waals surface area contributed by atoms with Gasteiger partial charge in [-0.25, -0.2) is 0 Å². The minimum absolute atomic E-state index is 0.339. The van der Waals surface area contributed by atoms with Crippen molar-refractivity contribution in [1.29, 1.82) is 0 Å². The molecule has 0 fully saturated rings. The first-order chi connectivity index (χ1) is 11.3. The number of hydrogen-bond donors (Lipinski definition) is 0. The molecule has 2 aromatic carbocycles. The first kappa shape index (κ1) is 14.2. The number of benzene rings is 2. The molecule has 2 heterocycles. The topological polar surface area (TPSA) is 52.3 Å². The number of nitrogens with zero attached hydrogens (tertiary/aromatic N) is 4. The van der Waals surface area contributed by atoms with E-state index >= 15 is 0 Å². The molecule has 2 aromatic heterocycles. The fourth-order valence-corrected chi connectivity index (χ4v) is 3.12. The fourth-order valence-electron chi connectivity index (χ4n) is 2.18. The van der Waals surface area contributed by atoms with Crippen molar-refractivity contribution in [1.82, 2.24) is 19.8 Å². The average molecular weight is 343 g/mol. The molecule has 0 unspecified atom stereocenters. The lowest BCUT2D eigenvalue weighted by atomic mass is 10.2. The number of ether oxygens (including phenoxy) is 1. The number of rotatable bonds is 4. The molecule has 0 saturated heterocycles. The van der Waals surface area contributed by atoms with E-state index in [1.807, 2.05) is 48.5 Å². The van der Waals surface area contributed by atoms with Crippen LogP contribution in [0.2, 0.25) is 5.02 Å². The second kappa shape index (κ2) is 5.98. The van der Waals surface area contributed by atoms with Gasteiger partial charge in [0.15, 0.2) is 10.8 Å². The van der Waals surface area contributed by atoms with E-state index in [-0.39, 0.29) is 0 Å². The first-order valence-corrected chi connectivity index (χ1v) is 8.14. The smallest absolute Gasteiger partial charge is 0.235 e. The molecule has 5 nitrogen and oxygen atoms in total. The van der Waals surface area contributed by atoms with Gasteiger partial charge in [-0.3, -0.25) is 0 Å². The maximum atomic E-state index is 6.08. The van der Waals surface area contributed by atoms with Gasteiger partial charge in [0.1, 0.15) is 12.4 Å². The van der Waals surface area contributed by atoms with E-state index in [1.54, 1.807) is 10.6 Å². The largest absolute Gasteiger partial charge is 0.485 e. The zero-order valence-corrected chi connectivity index (χ0v) is 13.5. The van der Waals surface area contributed by atoms with Gasteiger partial charge in [0.2, 0.25) is 4.96 Å². The molecule has 0 saturated carbocycles. The summed E-state index contributed by atoms with van der Waals surface area (Å²) in [5.74, 6) is 1.37. The predicted octanol–water partition coefficient (Wildman–Crippen LogP) is 4.09.